The van der Waals surface area contributed by atoms with E-state index >= 15 is 0 Å². The largest absolute Gasteiger partial charge is 0.508 e. The lowest BCUT2D eigenvalue weighted by Gasteiger charge is -2.46. The number of rotatable bonds is 3. The van der Waals surface area contributed by atoms with Crippen LogP contribution in [0, 0.1) is 0 Å². The zero-order chi connectivity index (χ0) is 18.4. The van der Waals surface area contributed by atoms with E-state index in [1.807, 2.05) is 9.80 Å². The third-order valence-electron chi connectivity index (χ3n) is 5.64. The Balaban J connectivity index is 1.43. The Morgan fingerprint density at radius 1 is 1.27 bits per heavy atom. The van der Waals surface area contributed by atoms with E-state index in [0.717, 1.165) is 6.42 Å². The van der Waals surface area contributed by atoms with Crippen LogP contribution in [0.4, 0.5) is 0 Å². The van der Waals surface area contributed by atoms with Crippen molar-refractivity contribution >= 4 is 29.1 Å². The number of phenols is 1. The zero-order valence-electron chi connectivity index (χ0n) is 14.3. The standard InChI is InChI=1S/C18H22Cl2N2O4/c19-13-1-2-14(24)16(17(13)20)10-3-4-22-11(5-10)9-26-15(18(22)25)8-21-6-12(23)7-21/h1-2,10-12,15,23-24H,3-9H2/t10-,11+,15?/m1/s1. The molecule has 8 heteroatoms. The van der Waals surface area contributed by atoms with E-state index in [2.05, 4.69) is 0 Å². The molecule has 2 N–H and O–H groups in total. The molecule has 1 aromatic carbocycles. The fourth-order valence-electron chi connectivity index (χ4n) is 4.25. The zero-order valence-corrected chi connectivity index (χ0v) is 15.8. The monoisotopic (exact) mass is 400 g/mol. The number of carbonyl (C=O) groups excluding carboxylic acids is 1. The SMILES string of the molecule is O=C1C(CN2CC(O)C2)OC[C@@H]2C[C@H](c3c(O)ccc(Cl)c3Cl)CCN12. The topological polar surface area (TPSA) is 73.2 Å². The van der Waals surface area contributed by atoms with Crippen molar-refractivity contribution in [2.45, 2.75) is 37.0 Å². The first-order valence-corrected chi connectivity index (χ1v) is 9.69. The quantitative estimate of drug-likeness (QED) is 0.809. The maximum Gasteiger partial charge on any atom is 0.253 e. The third-order valence-corrected chi connectivity index (χ3v) is 6.46. The number of nitrogens with zero attached hydrogens (tertiary/aromatic N) is 2. The predicted molar refractivity (Wildman–Crippen MR) is 97.8 cm³/mol. The predicted octanol–water partition coefficient (Wildman–Crippen LogP) is 1.85. The molecule has 4 rings (SSSR count). The Morgan fingerprint density at radius 2 is 2.04 bits per heavy atom. The van der Waals surface area contributed by atoms with Crippen molar-refractivity contribution in [1.82, 2.24) is 9.80 Å². The van der Waals surface area contributed by atoms with Gasteiger partial charge in [-0.25, -0.2) is 0 Å². The normalized spacial score (nSPS) is 30.2. The third kappa shape index (κ3) is 3.29. The molecular formula is C18H22Cl2N2O4. The van der Waals surface area contributed by atoms with Crippen molar-refractivity contribution in [3.8, 4) is 5.75 Å². The Labute approximate surface area is 162 Å². The van der Waals surface area contributed by atoms with Crippen molar-refractivity contribution in [3.63, 3.8) is 0 Å². The number of amides is 1. The Kier molecular flexibility index (Phi) is 5.05. The molecular weight excluding hydrogens is 379 g/mol. The molecule has 6 nitrogen and oxygen atoms in total. The number of aromatic hydroxyl groups is 1. The van der Waals surface area contributed by atoms with Crippen LogP contribution in [0.15, 0.2) is 12.1 Å². The highest BCUT2D eigenvalue weighted by molar-refractivity contribution is 6.42. The number of morpholine rings is 1. The van der Waals surface area contributed by atoms with Crippen molar-refractivity contribution < 1.29 is 19.7 Å². The van der Waals surface area contributed by atoms with Gasteiger partial charge in [-0.2, -0.15) is 0 Å². The molecule has 1 aromatic rings. The van der Waals surface area contributed by atoms with Crippen molar-refractivity contribution in [2.75, 3.05) is 32.8 Å². The minimum atomic E-state index is -0.460. The molecule has 3 heterocycles. The molecule has 0 spiro atoms. The van der Waals surface area contributed by atoms with Gasteiger partial charge in [-0.1, -0.05) is 23.2 Å². The van der Waals surface area contributed by atoms with Gasteiger partial charge in [-0.05, 0) is 30.9 Å². The molecule has 3 atom stereocenters. The van der Waals surface area contributed by atoms with Gasteiger partial charge in [0.1, 0.15) is 11.9 Å². The summed E-state index contributed by atoms with van der Waals surface area (Å²) in [4.78, 5) is 16.7. The smallest absolute Gasteiger partial charge is 0.253 e. The summed E-state index contributed by atoms with van der Waals surface area (Å²) in [7, 11) is 0. The van der Waals surface area contributed by atoms with Crippen LogP contribution < -0.4 is 0 Å². The average Bonchev–Trinajstić information content (AvgIpc) is 2.59. The van der Waals surface area contributed by atoms with Crippen LogP contribution in [0.3, 0.4) is 0 Å². The minimum absolute atomic E-state index is 0.0162. The van der Waals surface area contributed by atoms with Crippen molar-refractivity contribution in [2.24, 2.45) is 0 Å². The van der Waals surface area contributed by atoms with Crippen molar-refractivity contribution in [1.29, 1.82) is 0 Å². The first-order valence-electron chi connectivity index (χ1n) is 8.93. The van der Waals surface area contributed by atoms with E-state index < -0.39 is 6.10 Å². The van der Waals surface area contributed by atoms with E-state index in [9.17, 15) is 15.0 Å². The summed E-state index contributed by atoms with van der Waals surface area (Å²) in [6.07, 6.45) is 0.672. The lowest BCUT2D eigenvalue weighted by Crippen LogP contribution is -2.61. The van der Waals surface area contributed by atoms with Gasteiger partial charge in [0.05, 0.1) is 28.8 Å². The molecule has 3 fully saturated rings. The number of ether oxygens (including phenoxy) is 1. The molecule has 142 valence electrons. The van der Waals surface area contributed by atoms with Crippen LogP contribution in [-0.2, 0) is 9.53 Å². The summed E-state index contributed by atoms with van der Waals surface area (Å²) in [5, 5.41) is 20.4. The molecule has 1 unspecified atom stereocenters. The summed E-state index contributed by atoms with van der Waals surface area (Å²) in [6, 6.07) is 3.13. The highest BCUT2D eigenvalue weighted by atomic mass is 35.5. The summed E-state index contributed by atoms with van der Waals surface area (Å²) in [6.45, 7) is 2.82. The number of phenolic OH excluding ortho intramolecular Hbond substituents is 1. The number of fused-ring (bicyclic) bond motifs is 1. The molecule has 26 heavy (non-hydrogen) atoms. The highest BCUT2D eigenvalue weighted by Crippen LogP contribution is 2.43. The Bertz CT molecular complexity index is 711. The summed E-state index contributed by atoms with van der Waals surface area (Å²) in [5.74, 6) is 0.207. The highest BCUT2D eigenvalue weighted by Gasteiger charge is 2.42. The van der Waals surface area contributed by atoms with Gasteiger partial charge in [-0.15, -0.1) is 0 Å². The second-order valence-electron chi connectivity index (χ2n) is 7.40. The van der Waals surface area contributed by atoms with Gasteiger partial charge in [0.15, 0.2) is 0 Å². The number of halogens is 2. The number of hydrogen-bond acceptors (Lipinski definition) is 5. The molecule has 3 saturated heterocycles. The molecule has 0 aromatic heterocycles. The maximum atomic E-state index is 12.8. The fraction of sp³-hybridized carbons (Fsp3) is 0.611. The van der Waals surface area contributed by atoms with Crippen LogP contribution in [-0.4, -0.2) is 77.0 Å². The van der Waals surface area contributed by atoms with E-state index in [4.69, 9.17) is 27.9 Å². The number of piperidine rings is 1. The lowest BCUT2D eigenvalue weighted by molar-refractivity contribution is -0.166. The molecule has 3 aliphatic rings. The number of aliphatic hydroxyl groups excluding tert-OH is 1. The molecule has 1 amide bonds. The van der Waals surface area contributed by atoms with Crippen LogP contribution in [0.5, 0.6) is 5.75 Å². The van der Waals surface area contributed by atoms with E-state index in [-0.39, 0.29) is 29.7 Å². The van der Waals surface area contributed by atoms with Crippen LogP contribution in [0.2, 0.25) is 10.0 Å². The Hall–Kier alpha value is -1.05. The molecule has 3 aliphatic heterocycles. The van der Waals surface area contributed by atoms with Crippen LogP contribution in [0.25, 0.3) is 0 Å². The number of hydrogen-bond donors (Lipinski definition) is 2. The Morgan fingerprint density at radius 3 is 2.77 bits per heavy atom. The number of aliphatic hydroxyl groups is 1. The summed E-state index contributed by atoms with van der Waals surface area (Å²) >= 11 is 12.4. The second-order valence-corrected chi connectivity index (χ2v) is 8.18. The van der Waals surface area contributed by atoms with Gasteiger partial charge < -0.3 is 19.8 Å². The van der Waals surface area contributed by atoms with Gasteiger partial charge in [-0.3, -0.25) is 9.69 Å². The minimum Gasteiger partial charge on any atom is -0.508 e. The average molecular weight is 401 g/mol. The summed E-state index contributed by atoms with van der Waals surface area (Å²) < 4.78 is 5.83. The summed E-state index contributed by atoms with van der Waals surface area (Å²) in [5.41, 5.74) is 0.669. The fourth-order valence-corrected chi connectivity index (χ4v) is 4.73. The molecule has 0 saturated carbocycles. The van der Waals surface area contributed by atoms with Crippen LogP contribution in [0.1, 0.15) is 24.3 Å². The number of benzene rings is 1. The van der Waals surface area contributed by atoms with E-state index in [0.29, 0.717) is 54.8 Å². The number of likely N-dealkylation sites (tertiary alicyclic amines) is 1. The number of β-amino-alcohol motifs (C(OH)–C–C–N with tert-alkyl or cyclic N) is 1. The van der Waals surface area contributed by atoms with E-state index in [1.165, 1.54) is 0 Å². The second kappa shape index (κ2) is 7.17. The lowest BCUT2D eigenvalue weighted by atomic mass is 9.84. The van der Waals surface area contributed by atoms with Gasteiger partial charge in [0.2, 0.25) is 0 Å². The molecule has 0 bridgehead atoms. The van der Waals surface area contributed by atoms with Crippen LogP contribution >= 0.6 is 23.2 Å². The number of carbonyl (C=O) groups is 1. The first kappa shape index (κ1) is 18.3. The first-order chi connectivity index (χ1) is 12.4. The van der Waals surface area contributed by atoms with Gasteiger partial charge >= 0.3 is 0 Å². The maximum absolute atomic E-state index is 12.8. The van der Waals surface area contributed by atoms with E-state index in [1.54, 1.807) is 12.1 Å². The van der Waals surface area contributed by atoms with Gasteiger partial charge in [0.25, 0.3) is 5.91 Å². The molecule has 0 aliphatic carbocycles. The van der Waals surface area contributed by atoms with Crippen molar-refractivity contribution in [3.05, 3.63) is 27.7 Å². The molecule has 0 radical (unpaired) electrons. The van der Waals surface area contributed by atoms with Gasteiger partial charge in [0, 0.05) is 31.7 Å².